The van der Waals surface area contributed by atoms with E-state index in [0.717, 1.165) is 21.1 Å². The summed E-state index contributed by atoms with van der Waals surface area (Å²) in [6, 6.07) is 15.7. The molecule has 1 amide bonds. The standard InChI is InChI=1S/C25H21FN2O4S2/c1-16-27-20(15-34-16)13-31-21-5-2-4-18(12-21)25(30)32-14-23(29)28-24(22-6-3-11-33-22)17-7-9-19(26)10-8-17/h2-12,15,24H,13-14H2,1H3,(H,28,29). The molecule has 4 aromatic rings. The third-order valence-corrected chi connectivity index (χ3v) is 6.55. The van der Waals surface area contributed by atoms with E-state index in [2.05, 4.69) is 10.3 Å². The van der Waals surface area contributed by atoms with E-state index in [1.807, 2.05) is 29.8 Å². The summed E-state index contributed by atoms with van der Waals surface area (Å²) in [5, 5.41) is 7.62. The first kappa shape index (κ1) is 23.6. The van der Waals surface area contributed by atoms with Crippen molar-refractivity contribution < 1.29 is 23.5 Å². The van der Waals surface area contributed by atoms with E-state index in [0.29, 0.717) is 12.4 Å². The van der Waals surface area contributed by atoms with Crippen molar-refractivity contribution in [2.75, 3.05) is 6.61 Å². The number of carbonyl (C=O) groups is 2. The number of thiazole rings is 1. The molecule has 0 spiro atoms. The van der Waals surface area contributed by atoms with Gasteiger partial charge in [0.05, 0.1) is 22.3 Å². The van der Waals surface area contributed by atoms with E-state index >= 15 is 0 Å². The maximum absolute atomic E-state index is 13.3. The summed E-state index contributed by atoms with van der Waals surface area (Å²) in [5.74, 6) is -0.970. The number of amides is 1. The first-order chi connectivity index (χ1) is 16.5. The highest BCUT2D eigenvalue weighted by atomic mass is 32.1. The summed E-state index contributed by atoms with van der Waals surface area (Å²) in [5.41, 5.74) is 1.81. The molecule has 0 radical (unpaired) electrons. The van der Waals surface area contributed by atoms with Crippen LogP contribution in [0.25, 0.3) is 0 Å². The molecule has 6 nitrogen and oxygen atoms in total. The van der Waals surface area contributed by atoms with Gasteiger partial charge in [-0.1, -0.05) is 24.3 Å². The number of hydrogen-bond acceptors (Lipinski definition) is 7. The zero-order valence-corrected chi connectivity index (χ0v) is 19.8. The Morgan fingerprint density at radius 2 is 1.91 bits per heavy atom. The third kappa shape index (κ3) is 6.27. The lowest BCUT2D eigenvalue weighted by Crippen LogP contribution is -2.32. The van der Waals surface area contributed by atoms with Gasteiger partial charge in [-0.15, -0.1) is 22.7 Å². The lowest BCUT2D eigenvalue weighted by molar-refractivity contribution is -0.124. The molecule has 1 atom stereocenters. The number of thiophene rings is 1. The topological polar surface area (TPSA) is 77.5 Å². The largest absolute Gasteiger partial charge is 0.487 e. The van der Waals surface area contributed by atoms with Crippen LogP contribution in [0.5, 0.6) is 5.75 Å². The Hall–Kier alpha value is -3.56. The van der Waals surface area contributed by atoms with Crippen LogP contribution in [-0.4, -0.2) is 23.5 Å². The molecule has 0 saturated carbocycles. The van der Waals surface area contributed by atoms with Crippen LogP contribution in [0.2, 0.25) is 0 Å². The van der Waals surface area contributed by atoms with Gasteiger partial charge in [-0.25, -0.2) is 14.2 Å². The highest BCUT2D eigenvalue weighted by Gasteiger charge is 2.19. The number of esters is 1. The number of halogens is 1. The van der Waals surface area contributed by atoms with Gasteiger partial charge in [0.25, 0.3) is 5.91 Å². The Morgan fingerprint density at radius 3 is 2.62 bits per heavy atom. The van der Waals surface area contributed by atoms with Crippen LogP contribution >= 0.6 is 22.7 Å². The number of carbonyl (C=O) groups excluding carboxylic acids is 2. The molecule has 1 N–H and O–H groups in total. The zero-order valence-electron chi connectivity index (χ0n) is 18.2. The summed E-state index contributed by atoms with van der Waals surface area (Å²) in [6.07, 6.45) is 0. The number of nitrogens with one attached hydrogen (secondary N) is 1. The van der Waals surface area contributed by atoms with Crippen LogP contribution in [0.3, 0.4) is 0 Å². The molecule has 0 saturated heterocycles. The molecule has 174 valence electrons. The van der Waals surface area contributed by atoms with Gasteiger partial charge in [0.1, 0.15) is 18.2 Å². The van der Waals surface area contributed by atoms with E-state index in [4.69, 9.17) is 9.47 Å². The van der Waals surface area contributed by atoms with Crippen molar-refractivity contribution in [3.8, 4) is 5.75 Å². The summed E-state index contributed by atoms with van der Waals surface area (Å²) in [4.78, 5) is 30.3. The summed E-state index contributed by atoms with van der Waals surface area (Å²) >= 11 is 3.01. The van der Waals surface area contributed by atoms with Crippen molar-refractivity contribution in [2.24, 2.45) is 0 Å². The third-order valence-electron chi connectivity index (χ3n) is 4.79. The van der Waals surface area contributed by atoms with Crippen molar-refractivity contribution in [1.29, 1.82) is 0 Å². The second-order valence-electron chi connectivity index (χ2n) is 7.32. The molecule has 2 heterocycles. The number of aromatic nitrogens is 1. The first-order valence-corrected chi connectivity index (χ1v) is 12.1. The Kier molecular flexibility index (Phi) is 7.66. The van der Waals surface area contributed by atoms with Crippen molar-refractivity contribution >= 4 is 34.6 Å². The lowest BCUT2D eigenvalue weighted by Gasteiger charge is -2.18. The predicted octanol–water partition coefficient (Wildman–Crippen LogP) is 5.29. The van der Waals surface area contributed by atoms with Gasteiger partial charge in [0, 0.05) is 10.3 Å². The normalized spacial score (nSPS) is 11.6. The van der Waals surface area contributed by atoms with Crippen molar-refractivity contribution in [2.45, 2.75) is 19.6 Å². The Labute approximate surface area is 204 Å². The highest BCUT2D eigenvalue weighted by Crippen LogP contribution is 2.26. The molecule has 2 aromatic carbocycles. The van der Waals surface area contributed by atoms with E-state index < -0.39 is 24.5 Å². The van der Waals surface area contributed by atoms with Crippen LogP contribution in [0.1, 0.15) is 37.5 Å². The van der Waals surface area contributed by atoms with Crippen molar-refractivity contribution in [1.82, 2.24) is 10.3 Å². The molecule has 2 aromatic heterocycles. The molecule has 0 aliphatic rings. The van der Waals surface area contributed by atoms with Gasteiger partial charge >= 0.3 is 5.97 Å². The average Bonchev–Trinajstić information content (AvgIpc) is 3.52. The Morgan fingerprint density at radius 1 is 1.09 bits per heavy atom. The molecule has 9 heteroatoms. The molecule has 0 aliphatic heterocycles. The number of benzene rings is 2. The molecule has 0 fully saturated rings. The fourth-order valence-corrected chi connectivity index (χ4v) is 4.59. The fourth-order valence-electron chi connectivity index (χ4n) is 3.19. The van der Waals surface area contributed by atoms with Crippen LogP contribution < -0.4 is 10.1 Å². The van der Waals surface area contributed by atoms with Crippen LogP contribution in [0.4, 0.5) is 4.39 Å². The Bertz CT molecular complexity index is 1260. The van der Waals surface area contributed by atoms with Gasteiger partial charge in [-0.3, -0.25) is 4.79 Å². The van der Waals surface area contributed by atoms with Crippen molar-refractivity contribution in [3.05, 3.63) is 104 Å². The smallest absolute Gasteiger partial charge is 0.338 e. The molecule has 0 bridgehead atoms. The summed E-state index contributed by atoms with van der Waals surface area (Å²) in [6.45, 7) is 1.76. The number of rotatable bonds is 9. The monoisotopic (exact) mass is 496 g/mol. The van der Waals surface area contributed by atoms with E-state index in [-0.39, 0.29) is 11.4 Å². The van der Waals surface area contributed by atoms with Gasteiger partial charge < -0.3 is 14.8 Å². The molecule has 0 aliphatic carbocycles. The van der Waals surface area contributed by atoms with E-state index in [9.17, 15) is 14.0 Å². The van der Waals surface area contributed by atoms with E-state index in [1.54, 1.807) is 36.4 Å². The van der Waals surface area contributed by atoms with Crippen LogP contribution in [0, 0.1) is 12.7 Å². The molecule has 34 heavy (non-hydrogen) atoms. The quantitative estimate of drug-likeness (QED) is 0.319. The minimum absolute atomic E-state index is 0.271. The summed E-state index contributed by atoms with van der Waals surface area (Å²) in [7, 11) is 0. The fraction of sp³-hybridized carbons (Fsp3) is 0.160. The zero-order chi connectivity index (χ0) is 23.9. The summed E-state index contributed by atoms with van der Waals surface area (Å²) < 4.78 is 24.3. The lowest BCUT2D eigenvalue weighted by atomic mass is 10.1. The van der Waals surface area contributed by atoms with Gasteiger partial charge in [-0.05, 0) is 54.3 Å². The van der Waals surface area contributed by atoms with Crippen molar-refractivity contribution in [3.63, 3.8) is 0 Å². The molecule has 1 unspecified atom stereocenters. The second kappa shape index (κ2) is 11.0. The van der Waals surface area contributed by atoms with Gasteiger partial charge in [0.15, 0.2) is 6.61 Å². The first-order valence-electron chi connectivity index (χ1n) is 10.4. The van der Waals surface area contributed by atoms with Crippen LogP contribution in [0.15, 0.2) is 71.4 Å². The number of nitrogens with zero attached hydrogens (tertiary/aromatic N) is 1. The minimum Gasteiger partial charge on any atom is -0.487 e. The average molecular weight is 497 g/mol. The van der Waals surface area contributed by atoms with Crippen LogP contribution in [-0.2, 0) is 16.1 Å². The minimum atomic E-state index is -0.639. The Balaban J connectivity index is 1.34. The maximum Gasteiger partial charge on any atom is 0.338 e. The van der Waals surface area contributed by atoms with E-state index in [1.165, 1.54) is 34.8 Å². The number of hydrogen-bond donors (Lipinski definition) is 1. The SMILES string of the molecule is Cc1nc(COc2cccc(C(=O)OCC(=O)NC(c3ccc(F)cc3)c3cccs3)c2)cs1. The second-order valence-corrected chi connectivity index (χ2v) is 9.36. The van der Waals surface area contributed by atoms with Gasteiger partial charge in [-0.2, -0.15) is 0 Å². The molecular weight excluding hydrogens is 475 g/mol. The maximum atomic E-state index is 13.3. The molecule has 4 rings (SSSR count). The molecular formula is C25H21FN2O4S2. The number of ether oxygens (including phenoxy) is 2. The predicted molar refractivity (Wildman–Crippen MR) is 129 cm³/mol. The number of aryl methyl sites for hydroxylation is 1. The van der Waals surface area contributed by atoms with Gasteiger partial charge in [0.2, 0.25) is 0 Å². The highest BCUT2D eigenvalue weighted by molar-refractivity contribution is 7.10.